The van der Waals surface area contributed by atoms with Crippen molar-refractivity contribution in [3.8, 4) is 11.5 Å². The molecule has 0 saturated heterocycles. The Labute approximate surface area is 107 Å². The highest BCUT2D eigenvalue weighted by molar-refractivity contribution is 5.51. The van der Waals surface area contributed by atoms with E-state index in [2.05, 4.69) is 29.2 Å². The molecule has 1 N–H and O–H groups in total. The largest absolute Gasteiger partial charge is 0.439 e. The highest BCUT2D eigenvalue weighted by Gasteiger charge is 2.11. The number of nitrogens with zero attached hydrogens (tertiary/aromatic N) is 3. The molecule has 0 aliphatic heterocycles. The Balaban J connectivity index is 2.04. The van der Waals surface area contributed by atoms with Crippen LogP contribution in [-0.4, -0.2) is 27.4 Å². The molecule has 0 spiro atoms. The molecule has 5 nitrogen and oxygen atoms in total. The van der Waals surface area contributed by atoms with Crippen LogP contribution in [0.2, 0.25) is 0 Å². The first-order chi connectivity index (χ1) is 8.56. The van der Waals surface area contributed by atoms with E-state index in [0.29, 0.717) is 6.04 Å². The fraction of sp³-hybridized carbons (Fsp3) is 0.538. The average Bonchev–Trinajstić information content (AvgIpc) is 2.85. The lowest BCUT2D eigenvalue weighted by Crippen LogP contribution is -2.24. The van der Waals surface area contributed by atoms with Crippen molar-refractivity contribution < 1.29 is 4.42 Å². The molecule has 18 heavy (non-hydrogen) atoms. The monoisotopic (exact) mass is 248 g/mol. The second-order valence-electron chi connectivity index (χ2n) is 4.77. The SMILES string of the molecule is Cc1cc(-c2cnc(CCNC(C)C)o2)n(C)n1. The van der Waals surface area contributed by atoms with E-state index in [9.17, 15) is 0 Å². The van der Waals surface area contributed by atoms with Gasteiger partial charge in [-0.1, -0.05) is 13.8 Å². The Bertz CT molecular complexity index is 513. The van der Waals surface area contributed by atoms with Crippen LogP contribution in [0.3, 0.4) is 0 Å². The quantitative estimate of drug-likeness (QED) is 0.878. The fourth-order valence-corrected chi connectivity index (χ4v) is 1.85. The smallest absolute Gasteiger partial charge is 0.196 e. The van der Waals surface area contributed by atoms with Crippen LogP contribution in [0.4, 0.5) is 0 Å². The second kappa shape index (κ2) is 5.35. The van der Waals surface area contributed by atoms with E-state index in [4.69, 9.17) is 4.42 Å². The van der Waals surface area contributed by atoms with Crippen molar-refractivity contribution in [2.45, 2.75) is 33.2 Å². The minimum absolute atomic E-state index is 0.485. The number of nitrogens with one attached hydrogen (secondary N) is 1. The van der Waals surface area contributed by atoms with Gasteiger partial charge in [-0.2, -0.15) is 5.10 Å². The first-order valence-corrected chi connectivity index (χ1v) is 6.25. The summed E-state index contributed by atoms with van der Waals surface area (Å²) < 4.78 is 7.55. The second-order valence-corrected chi connectivity index (χ2v) is 4.77. The van der Waals surface area contributed by atoms with Crippen LogP contribution >= 0.6 is 0 Å². The van der Waals surface area contributed by atoms with Crippen LogP contribution in [-0.2, 0) is 13.5 Å². The minimum Gasteiger partial charge on any atom is -0.439 e. The lowest BCUT2D eigenvalue weighted by molar-refractivity contribution is 0.481. The maximum atomic E-state index is 5.73. The van der Waals surface area contributed by atoms with Crippen molar-refractivity contribution in [1.82, 2.24) is 20.1 Å². The van der Waals surface area contributed by atoms with Crippen molar-refractivity contribution in [2.24, 2.45) is 7.05 Å². The zero-order valence-corrected chi connectivity index (χ0v) is 11.4. The van der Waals surface area contributed by atoms with Crippen LogP contribution in [0.15, 0.2) is 16.7 Å². The van der Waals surface area contributed by atoms with Gasteiger partial charge in [-0.3, -0.25) is 4.68 Å². The summed E-state index contributed by atoms with van der Waals surface area (Å²) in [5, 5.41) is 7.64. The summed E-state index contributed by atoms with van der Waals surface area (Å²) in [6.07, 6.45) is 2.57. The summed E-state index contributed by atoms with van der Waals surface area (Å²) in [6, 6.07) is 2.48. The van der Waals surface area contributed by atoms with Gasteiger partial charge in [-0.25, -0.2) is 4.98 Å². The van der Waals surface area contributed by atoms with Gasteiger partial charge in [-0.15, -0.1) is 0 Å². The minimum atomic E-state index is 0.485. The average molecular weight is 248 g/mol. The molecule has 98 valence electrons. The van der Waals surface area contributed by atoms with Crippen molar-refractivity contribution in [3.63, 3.8) is 0 Å². The predicted octanol–water partition coefficient (Wildman–Crippen LogP) is 1.92. The Kier molecular flexibility index (Phi) is 3.81. The molecule has 0 saturated carbocycles. The molecule has 0 aliphatic carbocycles. The van der Waals surface area contributed by atoms with Gasteiger partial charge >= 0.3 is 0 Å². The Morgan fingerprint density at radius 2 is 2.22 bits per heavy atom. The van der Waals surface area contributed by atoms with E-state index in [1.54, 1.807) is 6.20 Å². The highest BCUT2D eigenvalue weighted by atomic mass is 16.4. The lowest BCUT2D eigenvalue weighted by atomic mass is 10.3. The molecule has 0 bridgehead atoms. The number of aryl methyl sites for hydroxylation is 2. The first kappa shape index (κ1) is 12.8. The number of hydrogen-bond donors (Lipinski definition) is 1. The maximum absolute atomic E-state index is 5.73. The van der Waals surface area contributed by atoms with Gasteiger partial charge in [0.2, 0.25) is 0 Å². The zero-order chi connectivity index (χ0) is 13.1. The van der Waals surface area contributed by atoms with Crippen molar-refractivity contribution in [2.75, 3.05) is 6.54 Å². The summed E-state index contributed by atoms with van der Waals surface area (Å²) in [7, 11) is 1.91. The van der Waals surface area contributed by atoms with E-state index >= 15 is 0 Å². The van der Waals surface area contributed by atoms with E-state index in [1.165, 1.54) is 0 Å². The molecule has 0 amide bonds. The molecule has 2 aromatic rings. The molecular weight excluding hydrogens is 228 g/mol. The highest BCUT2D eigenvalue weighted by Crippen LogP contribution is 2.20. The number of oxazole rings is 1. The maximum Gasteiger partial charge on any atom is 0.196 e. The molecule has 0 unspecified atom stereocenters. The molecule has 5 heteroatoms. The Morgan fingerprint density at radius 3 is 2.83 bits per heavy atom. The van der Waals surface area contributed by atoms with Gasteiger partial charge in [0.15, 0.2) is 11.7 Å². The molecule has 2 heterocycles. The third-order valence-electron chi connectivity index (χ3n) is 2.70. The van der Waals surface area contributed by atoms with E-state index in [1.807, 2.05) is 24.7 Å². The third-order valence-corrected chi connectivity index (χ3v) is 2.70. The normalized spacial score (nSPS) is 11.4. The van der Waals surface area contributed by atoms with Gasteiger partial charge in [0.1, 0.15) is 5.69 Å². The van der Waals surface area contributed by atoms with Crippen molar-refractivity contribution in [1.29, 1.82) is 0 Å². The summed E-state index contributed by atoms with van der Waals surface area (Å²) in [4.78, 5) is 4.29. The van der Waals surface area contributed by atoms with Gasteiger partial charge < -0.3 is 9.73 Å². The standard InChI is InChI=1S/C13H20N4O/c1-9(2)14-6-5-13-15-8-12(18-13)11-7-10(3)16-17(11)4/h7-9,14H,5-6H2,1-4H3. The van der Waals surface area contributed by atoms with Gasteiger partial charge in [0.05, 0.1) is 11.9 Å². The molecule has 0 atom stereocenters. The Morgan fingerprint density at radius 1 is 1.44 bits per heavy atom. The van der Waals surface area contributed by atoms with E-state index in [-0.39, 0.29) is 0 Å². The van der Waals surface area contributed by atoms with Crippen molar-refractivity contribution in [3.05, 3.63) is 23.8 Å². The topological polar surface area (TPSA) is 55.9 Å². The predicted molar refractivity (Wildman–Crippen MR) is 70.3 cm³/mol. The molecule has 2 rings (SSSR count). The van der Waals surface area contributed by atoms with Crippen LogP contribution in [0.5, 0.6) is 0 Å². The number of rotatable bonds is 5. The number of hydrogen-bond acceptors (Lipinski definition) is 4. The van der Waals surface area contributed by atoms with Crippen LogP contribution in [0.25, 0.3) is 11.5 Å². The molecular formula is C13H20N4O. The Hall–Kier alpha value is -1.62. The molecule has 0 aliphatic rings. The van der Waals surface area contributed by atoms with Gasteiger partial charge in [0.25, 0.3) is 0 Å². The van der Waals surface area contributed by atoms with Crippen LogP contribution in [0, 0.1) is 6.92 Å². The fourth-order valence-electron chi connectivity index (χ4n) is 1.85. The van der Waals surface area contributed by atoms with Gasteiger partial charge in [-0.05, 0) is 13.0 Å². The van der Waals surface area contributed by atoms with Crippen LogP contribution in [0.1, 0.15) is 25.4 Å². The lowest BCUT2D eigenvalue weighted by Gasteiger charge is -2.05. The van der Waals surface area contributed by atoms with E-state index in [0.717, 1.165) is 36.0 Å². The van der Waals surface area contributed by atoms with E-state index < -0.39 is 0 Å². The first-order valence-electron chi connectivity index (χ1n) is 6.25. The van der Waals surface area contributed by atoms with Crippen molar-refractivity contribution >= 4 is 0 Å². The third kappa shape index (κ3) is 2.98. The van der Waals surface area contributed by atoms with Gasteiger partial charge in [0, 0.05) is 26.1 Å². The summed E-state index contributed by atoms with van der Waals surface area (Å²) in [5.74, 6) is 1.54. The zero-order valence-electron chi connectivity index (χ0n) is 11.4. The molecule has 0 radical (unpaired) electrons. The molecule has 0 fully saturated rings. The summed E-state index contributed by atoms with van der Waals surface area (Å²) in [6.45, 7) is 7.09. The molecule has 2 aromatic heterocycles. The molecule has 0 aromatic carbocycles. The van der Waals surface area contributed by atoms with Crippen LogP contribution < -0.4 is 5.32 Å². The number of aromatic nitrogens is 3. The summed E-state index contributed by atoms with van der Waals surface area (Å²) in [5.41, 5.74) is 1.94. The summed E-state index contributed by atoms with van der Waals surface area (Å²) >= 11 is 0.